The van der Waals surface area contributed by atoms with Crippen LogP contribution in [0.25, 0.3) is 10.8 Å². The molecule has 3 heteroatoms. The molecule has 0 saturated heterocycles. The van der Waals surface area contributed by atoms with Crippen LogP contribution in [0.3, 0.4) is 0 Å². The van der Waals surface area contributed by atoms with Crippen LogP contribution in [0, 0.1) is 0 Å². The summed E-state index contributed by atoms with van der Waals surface area (Å²) in [5, 5.41) is 2.31. The van der Waals surface area contributed by atoms with E-state index in [9.17, 15) is 0 Å². The van der Waals surface area contributed by atoms with E-state index in [1.54, 1.807) is 14.2 Å². The fourth-order valence-electron chi connectivity index (χ4n) is 2.39. The van der Waals surface area contributed by atoms with E-state index in [4.69, 9.17) is 9.47 Å². The molecule has 0 spiro atoms. The van der Waals surface area contributed by atoms with Gasteiger partial charge < -0.3 is 9.47 Å². The Labute approximate surface area is 129 Å². The molecule has 0 atom stereocenters. The lowest BCUT2D eigenvalue weighted by molar-refractivity contribution is 0.394. The maximum Gasteiger partial charge on any atom is 0.131 e. The van der Waals surface area contributed by atoms with E-state index in [0.717, 1.165) is 28.1 Å². The summed E-state index contributed by atoms with van der Waals surface area (Å²) in [6.07, 6.45) is 1.82. The summed E-state index contributed by atoms with van der Waals surface area (Å²) in [6, 6.07) is 20.0. The Kier molecular flexibility index (Phi) is 4.05. The number of nitrogens with zero attached hydrogens (tertiary/aromatic N) is 1. The second-order valence-corrected chi connectivity index (χ2v) is 4.86. The average molecular weight is 291 g/mol. The van der Waals surface area contributed by atoms with Crippen molar-refractivity contribution in [2.45, 2.75) is 0 Å². The highest BCUT2D eigenvalue weighted by atomic mass is 16.5. The van der Waals surface area contributed by atoms with Gasteiger partial charge in [0.15, 0.2) is 0 Å². The molecule has 0 aliphatic carbocycles. The second-order valence-electron chi connectivity index (χ2n) is 4.86. The SMILES string of the molecule is COc1ccc(C=Nc2cccc3ccccc23)c(OC)c1. The Morgan fingerprint density at radius 1 is 0.864 bits per heavy atom. The van der Waals surface area contributed by atoms with Crippen molar-refractivity contribution in [2.24, 2.45) is 4.99 Å². The van der Waals surface area contributed by atoms with E-state index in [-0.39, 0.29) is 0 Å². The van der Waals surface area contributed by atoms with Gasteiger partial charge >= 0.3 is 0 Å². The Bertz CT molecular complexity index is 819. The third-order valence-corrected chi connectivity index (χ3v) is 3.55. The molecule has 3 rings (SSSR count). The molecule has 0 bridgehead atoms. The zero-order chi connectivity index (χ0) is 15.4. The summed E-state index contributed by atoms with van der Waals surface area (Å²) < 4.78 is 10.6. The van der Waals surface area contributed by atoms with Gasteiger partial charge in [0.2, 0.25) is 0 Å². The fourth-order valence-corrected chi connectivity index (χ4v) is 2.39. The minimum atomic E-state index is 0.739. The van der Waals surface area contributed by atoms with Gasteiger partial charge in [0.1, 0.15) is 11.5 Å². The van der Waals surface area contributed by atoms with Gasteiger partial charge in [0, 0.05) is 23.2 Å². The van der Waals surface area contributed by atoms with Crippen LogP contribution in [0.5, 0.6) is 11.5 Å². The molecule has 0 amide bonds. The summed E-state index contributed by atoms with van der Waals surface area (Å²) in [5.74, 6) is 1.50. The monoisotopic (exact) mass is 291 g/mol. The maximum atomic E-state index is 5.39. The number of ether oxygens (including phenoxy) is 2. The number of methoxy groups -OCH3 is 2. The molecule has 0 saturated carbocycles. The highest BCUT2D eigenvalue weighted by Gasteiger charge is 2.03. The van der Waals surface area contributed by atoms with Gasteiger partial charge in [0.25, 0.3) is 0 Å². The van der Waals surface area contributed by atoms with Crippen molar-refractivity contribution in [3.05, 3.63) is 66.2 Å². The van der Waals surface area contributed by atoms with Gasteiger partial charge in [-0.15, -0.1) is 0 Å². The molecule has 0 aliphatic rings. The number of aliphatic imine (C=N–C) groups is 1. The number of fused-ring (bicyclic) bond motifs is 1. The van der Waals surface area contributed by atoms with Gasteiger partial charge in [-0.05, 0) is 23.6 Å². The van der Waals surface area contributed by atoms with Crippen LogP contribution in [0.1, 0.15) is 5.56 Å². The van der Waals surface area contributed by atoms with Crippen molar-refractivity contribution >= 4 is 22.7 Å². The number of rotatable bonds is 4. The van der Waals surface area contributed by atoms with Crippen LogP contribution in [0.15, 0.2) is 65.7 Å². The topological polar surface area (TPSA) is 30.8 Å². The van der Waals surface area contributed by atoms with Crippen LogP contribution in [-0.2, 0) is 0 Å². The molecule has 0 aromatic heterocycles. The summed E-state index contributed by atoms with van der Waals surface area (Å²) in [6.45, 7) is 0. The summed E-state index contributed by atoms with van der Waals surface area (Å²) in [7, 11) is 3.28. The maximum absolute atomic E-state index is 5.39. The molecule has 0 heterocycles. The quantitative estimate of drug-likeness (QED) is 0.657. The minimum Gasteiger partial charge on any atom is -0.497 e. The number of hydrogen-bond acceptors (Lipinski definition) is 3. The predicted octanol–water partition coefficient (Wildman–Crippen LogP) is 4.61. The lowest BCUT2D eigenvalue weighted by Gasteiger charge is -2.07. The minimum absolute atomic E-state index is 0.739. The van der Waals surface area contributed by atoms with Crippen LogP contribution >= 0.6 is 0 Å². The van der Waals surface area contributed by atoms with Crippen molar-refractivity contribution in [2.75, 3.05) is 14.2 Å². The van der Waals surface area contributed by atoms with Gasteiger partial charge in [-0.2, -0.15) is 0 Å². The average Bonchev–Trinajstić information content (AvgIpc) is 2.59. The van der Waals surface area contributed by atoms with E-state index in [1.165, 1.54) is 5.39 Å². The molecule has 0 fully saturated rings. The third kappa shape index (κ3) is 2.79. The molecule has 0 aliphatic heterocycles. The molecule has 22 heavy (non-hydrogen) atoms. The molecule has 3 aromatic rings. The molecule has 3 nitrogen and oxygen atoms in total. The lowest BCUT2D eigenvalue weighted by atomic mass is 10.1. The zero-order valence-electron chi connectivity index (χ0n) is 12.6. The molecule has 0 radical (unpaired) electrons. The molecular weight excluding hydrogens is 274 g/mol. The van der Waals surface area contributed by atoms with E-state index in [0.29, 0.717) is 0 Å². The standard InChI is InChI=1S/C19H17NO2/c1-21-16-11-10-15(19(12-16)22-2)13-20-18-9-5-7-14-6-3-4-8-17(14)18/h3-13H,1-2H3. The Balaban J connectivity index is 2.00. The highest BCUT2D eigenvalue weighted by molar-refractivity contribution is 5.95. The van der Waals surface area contributed by atoms with E-state index in [2.05, 4.69) is 23.2 Å². The normalized spacial score (nSPS) is 11.0. The first-order valence-electron chi connectivity index (χ1n) is 7.05. The first kappa shape index (κ1) is 14.1. The van der Waals surface area contributed by atoms with E-state index >= 15 is 0 Å². The van der Waals surface area contributed by atoms with Crippen molar-refractivity contribution in [3.63, 3.8) is 0 Å². The van der Waals surface area contributed by atoms with Crippen molar-refractivity contribution in [3.8, 4) is 11.5 Å². The molecule has 0 N–H and O–H groups in total. The van der Waals surface area contributed by atoms with Gasteiger partial charge in [-0.25, -0.2) is 0 Å². The Hall–Kier alpha value is -2.81. The summed E-state index contributed by atoms with van der Waals surface area (Å²) in [4.78, 5) is 4.62. The molecular formula is C19H17NO2. The smallest absolute Gasteiger partial charge is 0.131 e. The fraction of sp³-hybridized carbons (Fsp3) is 0.105. The van der Waals surface area contributed by atoms with Crippen LogP contribution in [0.4, 0.5) is 5.69 Å². The van der Waals surface area contributed by atoms with Gasteiger partial charge in [-0.3, -0.25) is 4.99 Å². The molecule has 110 valence electrons. The summed E-state index contributed by atoms with van der Waals surface area (Å²) in [5.41, 5.74) is 1.85. The number of hydrogen-bond donors (Lipinski definition) is 0. The van der Waals surface area contributed by atoms with Crippen LogP contribution in [0.2, 0.25) is 0 Å². The van der Waals surface area contributed by atoms with E-state index < -0.39 is 0 Å². The Morgan fingerprint density at radius 2 is 1.68 bits per heavy atom. The van der Waals surface area contributed by atoms with Crippen molar-refractivity contribution in [1.29, 1.82) is 0 Å². The predicted molar refractivity (Wildman–Crippen MR) is 90.7 cm³/mol. The summed E-state index contributed by atoms with van der Waals surface area (Å²) >= 11 is 0. The first-order valence-corrected chi connectivity index (χ1v) is 7.05. The zero-order valence-corrected chi connectivity index (χ0v) is 12.6. The van der Waals surface area contributed by atoms with Gasteiger partial charge in [-0.1, -0.05) is 36.4 Å². The third-order valence-electron chi connectivity index (χ3n) is 3.55. The van der Waals surface area contributed by atoms with Crippen LogP contribution in [-0.4, -0.2) is 20.4 Å². The lowest BCUT2D eigenvalue weighted by Crippen LogP contribution is -1.92. The van der Waals surface area contributed by atoms with Crippen molar-refractivity contribution in [1.82, 2.24) is 0 Å². The van der Waals surface area contributed by atoms with Crippen molar-refractivity contribution < 1.29 is 9.47 Å². The number of benzene rings is 3. The first-order chi connectivity index (χ1) is 10.8. The largest absolute Gasteiger partial charge is 0.497 e. The van der Waals surface area contributed by atoms with Gasteiger partial charge in [0.05, 0.1) is 19.9 Å². The highest BCUT2D eigenvalue weighted by Crippen LogP contribution is 2.27. The molecule has 0 unspecified atom stereocenters. The van der Waals surface area contributed by atoms with Crippen LogP contribution < -0.4 is 9.47 Å². The van der Waals surface area contributed by atoms with E-state index in [1.807, 2.05) is 48.7 Å². The second kappa shape index (κ2) is 6.31. The Morgan fingerprint density at radius 3 is 2.50 bits per heavy atom. The molecule has 3 aromatic carbocycles.